The minimum absolute atomic E-state index is 0.517. The number of halogens is 2. The van der Waals surface area contributed by atoms with Crippen molar-refractivity contribution >= 4 is 23.2 Å². The van der Waals surface area contributed by atoms with Gasteiger partial charge >= 0.3 is 0 Å². The zero-order chi connectivity index (χ0) is 13.3. The van der Waals surface area contributed by atoms with Crippen LogP contribution < -0.4 is 5.73 Å². The standard InChI is InChI=1S/C13H19Cl2N3/c1-8-3-12(14)11(13(15)17-8)7-18-6-10(5-16)4-9(18)2/h3,9-10H,4-7,16H2,1-2H3. The Morgan fingerprint density at radius 1 is 1.50 bits per heavy atom. The van der Waals surface area contributed by atoms with Crippen LogP contribution in [0.3, 0.4) is 0 Å². The Kier molecular flexibility index (Phi) is 4.49. The molecule has 2 rings (SSSR count). The van der Waals surface area contributed by atoms with E-state index in [0.29, 0.717) is 22.1 Å². The van der Waals surface area contributed by atoms with Crippen LogP contribution in [0.5, 0.6) is 0 Å². The summed E-state index contributed by atoms with van der Waals surface area (Å²) < 4.78 is 0. The number of rotatable bonds is 3. The minimum Gasteiger partial charge on any atom is -0.330 e. The molecule has 5 heteroatoms. The Bertz CT molecular complexity index is 413. The summed E-state index contributed by atoms with van der Waals surface area (Å²) in [4.78, 5) is 6.65. The summed E-state index contributed by atoms with van der Waals surface area (Å²) in [6, 6.07) is 2.39. The fourth-order valence-electron chi connectivity index (χ4n) is 2.58. The molecule has 1 aliphatic rings. The third-order valence-electron chi connectivity index (χ3n) is 3.63. The molecule has 0 amide bonds. The van der Waals surface area contributed by atoms with Gasteiger partial charge in [-0.05, 0) is 38.8 Å². The number of nitrogens with two attached hydrogens (primary N) is 1. The Hall–Kier alpha value is -0.350. The average Bonchev–Trinajstić information content (AvgIpc) is 2.64. The van der Waals surface area contributed by atoms with Gasteiger partial charge in [0.1, 0.15) is 5.15 Å². The van der Waals surface area contributed by atoms with Crippen LogP contribution in [0.25, 0.3) is 0 Å². The first-order chi connectivity index (χ1) is 8.51. The Morgan fingerprint density at radius 2 is 2.22 bits per heavy atom. The molecule has 0 saturated carbocycles. The van der Waals surface area contributed by atoms with Crippen molar-refractivity contribution < 1.29 is 0 Å². The molecule has 1 fully saturated rings. The Labute approximate surface area is 118 Å². The molecule has 0 bridgehead atoms. The molecule has 1 aromatic rings. The van der Waals surface area contributed by atoms with Crippen molar-refractivity contribution in [2.45, 2.75) is 32.9 Å². The summed E-state index contributed by atoms with van der Waals surface area (Å²) in [6.45, 7) is 6.62. The first-order valence-corrected chi connectivity index (χ1v) is 7.02. The van der Waals surface area contributed by atoms with Crippen LogP contribution in [0.4, 0.5) is 0 Å². The third kappa shape index (κ3) is 2.97. The molecule has 100 valence electrons. The van der Waals surface area contributed by atoms with E-state index >= 15 is 0 Å². The molecular weight excluding hydrogens is 269 g/mol. The number of aromatic nitrogens is 1. The molecule has 2 heterocycles. The van der Waals surface area contributed by atoms with Crippen LogP contribution in [0.2, 0.25) is 10.2 Å². The van der Waals surface area contributed by atoms with E-state index in [1.807, 2.05) is 13.0 Å². The molecule has 1 aliphatic heterocycles. The van der Waals surface area contributed by atoms with Crippen LogP contribution >= 0.6 is 23.2 Å². The highest BCUT2D eigenvalue weighted by molar-refractivity contribution is 6.35. The SMILES string of the molecule is Cc1cc(Cl)c(CN2CC(CN)CC2C)c(Cl)n1. The van der Waals surface area contributed by atoms with Gasteiger partial charge in [-0.2, -0.15) is 0 Å². The minimum atomic E-state index is 0.517. The molecule has 0 spiro atoms. The largest absolute Gasteiger partial charge is 0.330 e. The maximum Gasteiger partial charge on any atom is 0.135 e. The van der Waals surface area contributed by atoms with Crippen LogP contribution in [-0.4, -0.2) is 29.0 Å². The first-order valence-electron chi connectivity index (χ1n) is 6.27. The monoisotopic (exact) mass is 287 g/mol. The molecular formula is C13H19Cl2N3. The fourth-order valence-corrected chi connectivity index (χ4v) is 3.23. The molecule has 1 aromatic heterocycles. The van der Waals surface area contributed by atoms with E-state index < -0.39 is 0 Å². The van der Waals surface area contributed by atoms with Gasteiger partial charge in [-0.15, -0.1) is 0 Å². The molecule has 2 N–H and O–H groups in total. The van der Waals surface area contributed by atoms with E-state index in [1.54, 1.807) is 0 Å². The van der Waals surface area contributed by atoms with Crippen molar-refractivity contribution in [1.29, 1.82) is 0 Å². The van der Waals surface area contributed by atoms with Crippen molar-refractivity contribution in [2.75, 3.05) is 13.1 Å². The summed E-state index contributed by atoms with van der Waals surface area (Å²) in [5.41, 5.74) is 7.51. The fraction of sp³-hybridized carbons (Fsp3) is 0.615. The van der Waals surface area contributed by atoms with Gasteiger partial charge in [0.25, 0.3) is 0 Å². The topological polar surface area (TPSA) is 42.1 Å². The smallest absolute Gasteiger partial charge is 0.135 e. The van der Waals surface area contributed by atoms with Gasteiger partial charge in [0.05, 0.1) is 0 Å². The van der Waals surface area contributed by atoms with Crippen molar-refractivity contribution in [1.82, 2.24) is 9.88 Å². The number of hydrogen-bond acceptors (Lipinski definition) is 3. The molecule has 2 atom stereocenters. The molecule has 0 aliphatic carbocycles. The molecule has 0 radical (unpaired) electrons. The number of pyridine rings is 1. The Balaban J connectivity index is 2.15. The number of hydrogen-bond donors (Lipinski definition) is 1. The zero-order valence-electron chi connectivity index (χ0n) is 10.8. The van der Waals surface area contributed by atoms with Crippen molar-refractivity contribution in [3.05, 3.63) is 27.5 Å². The molecule has 1 saturated heterocycles. The van der Waals surface area contributed by atoms with Gasteiger partial charge in [0.15, 0.2) is 0 Å². The number of aryl methyl sites for hydroxylation is 1. The third-order valence-corrected chi connectivity index (χ3v) is 4.28. The van der Waals surface area contributed by atoms with Gasteiger partial charge in [0, 0.05) is 35.4 Å². The summed E-state index contributed by atoms with van der Waals surface area (Å²) in [5, 5.41) is 1.22. The number of nitrogens with zero attached hydrogens (tertiary/aromatic N) is 2. The Morgan fingerprint density at radius 3 is 2.78 bits per heavy atom. The van der Waals surface area contributed by atoms with Gasteiger partial charge in [-0.25, -0.2) is 4.98 Å². The summed E-state index contributed by atoms with van der Waals surface area (Å²) in [6.07, 6.45) is 1.14. The van der Waals surface area contributed by atoms with E-state index in [9.17, 15) is 0 Å². The van der Waals surface area contributed by atoms with Crippen molar-refractivity contribution in [2.24, 2.45) is 11.7 Å². The van der Waals surface area contributed by atoms with E-state index in [-0.39, 0.29) is 0 Å². The second kappa shape index (κ2) is 5.74. The lowest BCUT2D eigenvalue weighted by Crippen LogP contribution is -2.27. The van der Waals surface area contributed by atoms with Crippen molar-refractivity contribution in [3.63, 3.8) is 0 Å². The second-order valence-electron chi connectivity index (χ2n) is 5.13. The highest BCUT2D eigenvalue weighted by atomic mass is 35.5. The predicted molar refractivity (Wildman–Crippen MR) is 76.0 cm³/mol. The quantitative estimate of drug-likeness (QED) is 0.870. The summed E-state index contributed by atoms with van der Waals surface area (Å²) in [5.74, 6) is 0.580. The van der Waals surface area contributed by atoms with Gasteiger partial charge in [-0.1, -0.05) is 23.2 Å². The van der Waals surface area contributed by atoms with Crippen LogP contribution in [0, 0.1) is 12.8 Å². The maximum absolute atomic E-state index is 6.26. The average molecular weight is 288 g/mol. The first kappa shape index (κ1) is 14.1. The van der Waals surface area contributed by atoms with Crippen LogP contribution in [0.1, 0.15) is 24.6 Å². The van der Waals surface area contributed by atoms with E-state index in [0.717, 1.165) is 37.3 Å². The highest BCUT2D eigenvalue weighted by Crippen LogP contribution is 2.29. The van der Waals surface area contributed by atoms with Crippen LogP contribution in [0.15, 0.2) is 6.07 Å². The molecule has 3 nitrogen and oxygen atoms in total. The van der Waals surface area contributed by atoms with Gasteiger partial charge < -0.3 is 5.73 Å². The van der Waals surface area contributed by atoms with Crippen LogP contribution in [-0.2, 0) is 6.54 Å². The normalized spacial score (nSPS) is 24.7. The summed E-state index contributed by atoms with van der Waals surface area (Å²) >= 11 is 12.4. The summed E-state index contributed by atoms with van der Waals surface area (Å²) in [7, 11) is 0. The molecule has 2 unspecified atom stereocenters. The number of likely N-dealkylation sites (tertiary alicyclic amines) is 1. The van der Waals surface area contributed by atoms with E-state index in [4.69, 9.17) is 28.9 Å². The maximum atomic E-state index is 6.26. The lowest BCUT2D eigenvalue weighted by molar-refractivity contribution is 0.256. The lowest BCUT2D eigenvalue weighted by atomic mass is 10.1. The second-order valence-corrected chi connectivity index (χ2v) is 5.90. The zero-order valence-corrected chi connectivity index (χ0v) is 12.3. The van der Waals surface area contributed by atoms with E-state index in [2.05, 4.69) is 16.8 Å². The molecule has 0 aromatic carbocycles. The highest BCUT2D eigenvalue weighted by Gasteiger charge is 2.29. The predicted octanol–water partition coefficient (Wildman–Crippen LogP) is 2.87. The lowest BCUT2D eigenvalue weighted by Gasteiger charge is -2.22. The van der Waals surface area contributed by atoms with Gasteiger partial charge in [0.2, 0.25) is 0 Å². The van der Waals surface area contributed by atoms with Gasteiger partial charge in [-0.3, -0.25) is 4.90 Å². The molecule has 18 heavy (non-hydrogen) atoms. The van der Waals surface area contributed by atoms with Crippen molar-refractivity contribution in [3.8, 4) is 0 Å². The van der Waals surface area contributed by atoms with E-state index in [1.165, 1.54) is 0 Å².